The minimum Gasteiger partial charge on any atom is -0.462 e. The van der Waals surface area contributed by atoms with Crippen LogP contribution in [0.15, 0.2) is 165 Å². The summed E-state index contributed by atoms with van der Waals surface area (Å²) in [4.78, 5) is 122. The quantitative estimate of drug-likeness (QED) is 0.0344. The standard InChI is InChI=1S/C36H46N8O2.C35H42N8O3.C33H39N7O2/c1-5-41-19-9-13-28(41)26-46-36-38-32-25-42(33-15-8-12-27-11-6-7-14-30(27)33)20-17-31(32)35(39-36)43-21-22-44(29(24-43)23-37-2)34(45)16-10-18-40(3)4;1-5-32(44)43-19-18-42(21-27(43)20-36-2)34-29-15-17-41(31-14-8-11-25-10-6-7-13-28(25)31)22-30(29)37-35(38-34)46-24-26-12-9-16-40(26)23-33(45)39(3)4;1-4-31(41)40-19-18-39(21-26(40)20-34-3)32-28-15-17-38(30-14-8-11-24-10-6-7-13-27(24)30)22-29(28)35-33(36-32)42-23-25-12-9-16-37(25)5-2/h6-8,10-12,14-16,28-29H,5,9,13,17-26H2,1,3-4H3;5-8,10-11,13-14,26-27H,1,9,12,15-24H2,3-4H3;4,6-8,10-11,13-14,25-26H,1,5,9,12,15-23H2,2H3/b16-10+;;/t28-,29-;26-,27-;25-,26-/m000/s1. The Hall–Kier alpha value is -13.1. The van der Waals surface area contributed by atoms with Gasteiger partial charge >= 0.3 is 18.0 Å². The van der Waals surface area contributed by atoms with E-state index in [0.29, 0.717) is 142 Å². The van der Waals surface area contributed by atoms with Crippen molar-refractivity contribution in [3.05, 3.63) is 233 Å². The molecule has 0 spiro atoms. The van der Waals surface area contributed by atoms with Crippen molar-refractivity contribution in [1.29, 1.82) is 0 Å². The van der Waals surface area contributed by atoms with Crippen LogP contribution in [0.25, 0.3) is 46.9 Å². The van der Waals surface area contributed by atoms with E-state index >= 15 is 0 Å². The van der Waals surface area contributed by atoms with Crippen LogP contribution in [0, 0.1) is 19.7 Å². The summed E-state index contributed by atoms with van der Waals surface area (Å²) in [5.41, 5.74) is 9.87. The number of amides is 4. The van der Waals surface area contributed by atoms with Gasteiger partial charge in [-0.05, 0) is 151 Å². The first-order chi connectivity index (χ1) is 65.4. The molecule has 3 aromatic heterocycles. The SMILES string of the molecule is [C-]#[N+]C[C@H]1CN(c2nc(OC[C@@H]3CCCN3CC(=O)N(C)C)nc3c2CCN(c2cccc4ccccc24)C3)CCN1C(=O)C=C.[C-]#[N+]C[C@H]1CN(c2nc(OC[C@@H]3CCCN3CC)nc3c2CCN(c2cccc4ccccc24)C3)CCN1C(=O)/C=C/CN(C)C.[C-]#[N+]C[C@H]1CN(c2nc(OC[C@@H]3CCCN3CC)nc3c2CCN(c2cccc4ccccc24)C3)CCN1C(=O)C=C. The molecule has 9 aliphatic rings. The van der Waals surface area contributed by atoms with Crippen molar-refractivity contribution in [2.75, 3.05) is 221 Å². The number of hydrogen-bond acceptors (Lipinski definition) is 23. The number of rotatable bonds is 27. The van der Waals surface area contributed by atoms with Gasteiger partial charge in [-0.15, -0.1) is 0 Å². The predicted octanol–water partition coefficient (Wildman–Crippen LogP) is 11.5. The summed E-state index contributed by atoms with van der Waals surface area (Å²) in [6, 6.07) is 46.2. The van der Waals surface area contributed by atoms with Gasteiger partial charge in [0.15, 0.2) is 0 Å². The zero-order chi connectivity index (χ0) is 93.3. The van der Waals surface area contributed by atoms with Crippen molar-refractivity contribution in [2.45, 2.75) is 128 Å². The minimum atomic E-state index is -0.260. The van der Waals surface area contributed by atoms with Crippen molar-refractivity contribution in [1.82, 2.24) is 69.1 Å². The monoisotopic (exact) mass is 1810 g/mol. The van der Waals surface area contributed by atoms with Crippen LogP contribution >= 0.6 is 0 Å². The summed E-state index contributed by atoms with van der Waals surface area (Å²) in [7, 11) is 7.52. The summed E-state index contributed by atoms with van der Waals surface area (Å²) in [6.07, 6.45) is 15.2. The van der Waals surface area contributed by atoms with Crippen molar-refractivity contribution < 1.29 is 33.4 Å². The molecule has 9 aromatic rings. The Morgan fingerprint density at radius 3 is 1.08 bits per heavy atom. The lowest BCUT2D eigenvalue weighted by Gasteiger charge is -2.41. The molecule has 12 heterocycles. The molecule has 18 rings (SSSR count). The molecule has 30 heteroatoms. The third-order valence-corrected chi connectivity index (χ3v) is 27.9. The Morgan fingerprint density at radius 1 is 0.410 bits per heavy atom. The molecule has 0 unspecified atom stereocenters. The van der Waals surface area contributed by atoms with Gasteiger partial charge in [0.2, 0.25) is 43.3 Å². The molecule has 0 aliphatic carbocycles. The normalized spacial score (nSPS) is 20.4. The summed E-state index contributed by atoms with van der Waals surface area (Å²) < 4.78 is 19.1. The number of likely N-dealkylation sites (tertiary alicyclic amines) is 3. The van der Waals surface area contributed by atoms with Crippen LogP contribution in [0.4, 0.5) is 34.5 Å². The van der Waals surface area contributed by atoms with Gasteiger partial charge in [-0.25, -0.2) is 19.7 Å². The Balaban J connectivity index is 0.000000146. The second kappa shape index (κ2) is 44.2. The van der Waals surface area contributed by atoms with Crippen LogP contribution in [-0.2, 0) is 58.1 Å². The van der Waals surface area contributed by atoms with Crippen LogP contribution < -0.4 is 43.6 Å². The summed E-state index contributed by atoms with van der Waals surface area (Å²) >= 11 is 0. The number of nitrogens with zero attached hydrogens (tertiary/aromatic N) is 23. The van der Waals surface area contributed by atoms with Crippen molar-refractivity contribution in [3.8, 4) is 18.0 Å². The highest BCUT2D eigenvalue weighted by Gasteiger charge is 2.41. The van der Waals surface area contributed by atoms with E-state index in [9.17, 15) is 19.2 Å². The smallest absolute Gasteiger partial charge is 0.318 e. The number of carbonyl (C=O) groups is 4. The number of fused-ring (bicyclic) bond motifs is 6. The Kier molecular flexibility index (Phi) is 31.1. The van der Waals surface area contributed by atoms with E-state index in [0.717, 1.165) is 149 Å². The van der Waals surface area contributed by atoms with Crippen LogP contribution in [0.5, 0.6) is 18.0 Å². The molecule has 6 fully saturated rings. The average molecular weight is 1810 g/mol. The van der Waals surface area contributed by atoms with Gasteiger partial charge in [-0.2, -0.15) is 29.9 Å². The second-order valence-electron chi connectivity index (χ2n) is 36.6. The molecule has 4 amide bonds. The fourth-order valence-electron chi connectivity index (χ4n) is 20.8. The van der Waals surface area contributed by atoms with Crippen LogP contribution in [0.2, 0.25) is 0 Å². The van der Waals surface area contributed by atoms with E-state index in [-0.39, 0.29) is 67.4 Å². The van der Waals surface area contributed by atoms with Gasteiger partial charge in [0.25, 0.3) is 0 Å². The van der Waals surface area contributed by atoms with E-state index in [1.165, 1.54) is 74.4 Å². The molecule has 0 radical (unpaired) electrons. The number of ether oxygens (including phenoxy) is 3. The number of likely N-dealkylation sites (N-methyl/N-ethyl adjacent to an activating group) is 4. The predicted molar refractivity (Wildman–Crippen MR) is 528 cm³/mol. The maximum Gasteiger partial charge on any atom is 0.318 e. The number of piperazine rings is 3. The Labute approximate surface area is 788 Å². The highest BCUT2D eigenvalue weighted by Crippen LogP contribution is 2.41. The first-order valence-electron chi connectivity index (χ1n) is 47.8. The molecule has 0 bridgehead atoms. The lowest BCUT2D eigenvalue weighted by atomic mass is 10.0. The zero-order valence-electron chi connectivity index (χ0n) is 78.6. The summed E-state index contributed by atoms with van der Waals surface area (Å²) in [5, 5.41) is 7.33. The molecule has 0 N–H and O–H groups in total. The lowest BCUT2D eigenvalue weighted by molar-refractivity contribution is -0.130. The average Bonchev–Trinajstić information content (AvgIpc) is 0.896. The molecular formula is C104H127N23O7. The molecule has 0 saturated carbocycles. The maximum atomic E-state index is 13.2. The van der Waals surface area contributed by atoms with Gasteiger partial charge in [-0.1, -0.05) is 142 Å². The van der Waals surface area contributed by atoms with Gasteiger partial charge in [-0.3, -0.25) is 33.9 Å². The Bertz CT molecular complexity index is 5850. The topological polar surface area (TPSA) is 232 Å². The van der Waals surface area contributed by atoms with E-state index in [1.54, 1.807) is 34.9 Å². The Morgan fingerprint density at radius 2 is 0.746 bits per heavy atom. The lowest BCUT2D eigenvalue weighted by Crippen LogP contribution is -2.56. The van der Waals surface area contributed by atoms with Crippen LogP contribution in [-0.4, -0.2) is 321 Å². The molecule has 6 saturated heterocycles. The van der Waals surface area contributed by atoms with Crippen LogP contribution in [0.3, 0.4) is 0 Å². The highest BCUT2D eigenvalue weighted by atomic mass is 16.5. The van der Waals surface area contributed by atoms with Crippen molar-refractivity contribution in [3.63, 3.8) is 0 Å². The van der Waals surface area contributed by atoms with Crippen LogP contribution in [0.1, 0.15) is 86.1 Å². The first kappa shape index (κ1) is 94.2. The van der Waals surface area contributed by atoms with Gasteiger partial charge in [0.1, 0.15) is 55.4 Å². The second-order valence-corrected chi connectivity index (χ2v) is 36.6. The summed E-state index contributed by atoms with van der Waals surface area (Å²) in [6.45, 7) is 52.3. The largest absolute Gasteiger partial charge is 0.462 e. The zero-order valence-corrected chi connectivity index (χ0v) is 78.6. The maximum absolute atomic E-state index is 13.2. The third kappa shape index (κ3) is 21.7. The van der Waals surface area contributed by atoms with Crippen molar-refractivity contribution in [2.24, 2.45) is 0 Å². The third-order valence-electron chi connectivity index (χ3n) is 27.9. The number of aromatic nitrogens is 6. The minimum absolute atomic E-state index is 0.0355. The van der Waals surface area contributed by atoms with E-state index < -0.39 is 0 Å². The fourth-order valence-corrected chi connectivity index (χ4v) is 20.8. The first-order valence-corrected chi connectivity index (χ1v) is 47.8. The molecule has 9 aliphatic heterocycles. The van der Waals surface area contributed by atoms with E-state index in [2.05, 4.69) is 213 Å². The van der Waals surface area contributed by atoms with Crippen molar-refractivity contribution >= 4 is 90.5 Å². The number of carbonyl (C=O) groups excluding carboxylic acids is 4. The molecule has 700 valence electrons. The van der Waals surface area contributed by atoms with E-state index in [1.807, 2.05) is 30.0 Å². The molecule has 30 nitrogen and oxygen atoms in total. The number of anilines is 6. The van der Waals surface area contributed by atoms with E-state index in [4.69, 9.17) is 63.8 Å². The molecular weight excluding hydrogens is 1680 g/mol. The van der Waals surface area contributed by atoms with Gasteiger partial charge in [0, 0.05) is 173 Å². The molecule has 6 atom stereocenters. The number of hydrogen-bond donors (Lipinski definition) is 0. The molecule has 134 heavy (non-hydrogen) atoms. The fraction of sp³-hybridized carbons (Fsp3) is 0.471. The van der Waals surface area contributed by atoms with Gasteiger partial charge in [0.05, 0.1) is 43.3 Å². The summed E-state index contributed by atoms with van der Waals surface area (Å²) in [5.74, 6) is 2.36. The number of benzene rings is 6. The van der Waals surface area contributed by atoms with Gasteiger partial charge < -0.3 is 82.6 Å². The molecule has 6 aromatic carbocycles. The highest BCUT2D eigenvalue weighted by molar-refractivity contribution is 5.97.